The van der Waals surface area contributed by atoms with E-state index >= 15 is 0 Å². The fraction of sp³-hybridized carbons (Fsp3) is 0.417. The molecule has 7 nitrogen and oxygen atoms in total. The number of nitrogens with one attached hydrogen (secondary N) is 1. The first-order valence-corrected chi connectivity index (χ1v) is 6.60. The number of nitro benzene ring substituents is 1. The average molecular weight is 299 g/mol. The van der Waals surface area contributed by atoms with Gasteiger partial charge in [-0.25, -0.2) is 4.79 Å². The minimum absolute atomic E-state index is 0.0372. The minimum atomic E-state index is -0.495. The maximum absolute atomic E-state index is 11.2. The summed E-state index contributed by atoms with van der Waals surface area (Å²) >= 11 is 6.02. The summed E-state index contributed by atoms with van der Waals surface area (Å²) < 4.78 is 0. The van der Waals surface area contributed by atoms with Gasteiger partial charge < -0.3 is 16.0 Å². The van der Waals surface area contributed by atoms with Crippen LogP contribution in [0.2, 0.25) is 5.02 Å². The van der Waals surface area contributed by atoms with E-state index in [-0.39, 0.29) is 16.8 Å². The predicted octanol–water partition coefficient (Wildman–Crippen LogP) is 2.20. The number of halogens is 1. The van der Waals surface area contributed by atoms with Crippen molar-refractivity contribution in [2.24, 2.45) is 5.73 Å². The number of hydrogen-bond donors (Lipinski definition) is 2. The van der Waals surface area contributed by atoms with Crippen LogP contribution in [-0.4, -0.2) is 35.0 Å². The Hall–Kier alpha value is -2.02. The zero-order chi connectivity index (χ0) is 14.7. The Morgan fingerprint density at radius 3 is 2.90 bits per heavy atom. The number of benzene rings is 1. The number of nitrogens with two attached hydrogens (primary N) is 1. The molecule has 1 aliphatic rings. The molecule has 0 aromatic heterocycles. The number of nitro groups is 1. The molecule has 0 unspecified atom stereocenters. The number of primary amides is 1. The van der Waals surface area contributed by atoms with E-state index in [1.165, 1.54) is 12.1 Å². The monoisotopic (exact) mass is 298 g/mol. The Balaban J connectivity index is 2.06. The summed E-state index contributed by atoms with van der Waals surface area (Å²) in [7, 11) is 0. The second-order valence-electron chi connectivity index (χ2n) is 4.69. The van der Waals surface area contributed by atoms with Crippen LogP contribution in [0.25, 0.3) is 0 Å². The summed E-state index contributed by atoms with van der Waals surface area (Å²) in [4.78, 5) is 22.9. The van der Waals surface area contributed by atoms with Crippen LogP contribution in [0.3, 0.4) is 0 Å². The van der Waals surface area contributed by atoms with Crippen molar-refractivity contribution in [2.75, 3.05) is 18.4 Å². The predicted molar refractivity (Wildman–Crippen MR) is 75.9 cm³/mol. The van der Waals surface area contributed by atoms with Gasteiger partial charge >= 0.3 is 6.03 Å². The van der Waals surface area contributed by atoms with Gasteiger partial charge in [0, 0.05) is 31.3 Å². The number of carbonyl (C=O) groups excluding carboxylic acids is 1. The Bertz CT molecular complexity index is 537. The third kappa shape index (κ3) is 3.30. The van der Waals surface area contributed by atoms with Crippen molar-refractivity contribution in [1.29, 1.82) is 0 Å². The highest BCUT2D eigenvalue weighted by Gasteiger charge is 2.22. The molecule has 2 rings (SSSR count). The molecule has 1 saturated heterocycles. The molecule has 1 atom stereocenters. The van der Waals surface area contributed by atoms with E-state index in [4.69, 9.17) is 17.3 Å². The van der Waals surface area contributed by atoms with Crippen LogP contribution in [0.15, 0.2) is 18.2 Å². The van der Waals surface area contributed by atoms with Crippen molar-refractivity contribution in [1.82, 2.24) is 4.90 Å². The quantitative estimate of drug-likeness (QED) is 0.659. The Kier molecular flexibility index (Phi) is 4.29. The number of carbonyl (C=O) groups is 1. The molecule has 108 valence electrons. The summed E-state index contributed by atoms with van der Waals surface area (Å²) in [6, 6.07) is 3.87. The lowest BCUT2D eigenvalue weighted by molar-refractivity contribution is -0.384. The topological polar surface area (TPSA) is 102 Å². The summed E-state index contributed by atoms with van der Waals surface area (Å²) in [5, 5.41) is 14.1. The molecular formula is C12H15ClN4O3. The SMILES string of the molecule is NC(=O)N1CCC[C@@H](Nc2ccc([N+](=O)[O-])cc2Cl)C1. The van der Waals surface area contributed by atoms with Gasteiger partial charge in [0.15, 0.2) is 0 Å². The minimum Gasteiger partial charge on any atom is -0.379 e. The van der Waals surface area contributed by atoms with Gasteiger partial charge in [-0.1, -0.05) is 11.6 Å². The molecular weight excluding hydrogens is 284 g/mol. The first-order chi connectivity index (χ1) is 9.47. The summed E-state index contributed by atoms with van der Waals surface area (Å²) in [6.45, 7) is 1.16. The van der Waals surface area contributed by atoms with E-state index in [1.807, 2.05) is 0 Å². The van der Waals surface area contributed by atoms with E-state index < -0.39 is 11.0 Å². The molecule has 2 amide bonds. The summed E-state index contributed by atoms with van der Waals surface area (Å²) in [6.07, 6.45) is 1.74. The molecule has 1 fully saturated rings. The number of nitrogens with zero attached hydrogens (tertiary/aromatic N) is 2. The summed E-state index contributed by atoms with van der Waals surface area (Å²) in [5.74, 6) is 0. The molecule has 1 aromatic rings. The molecule has 1 aromatic carbocycles. The third-order valence-electron chi connectivity index (χ3n) is 3.26. The Morgan fingerprint density at radius 1 is 1.55 bits per heavy atom. The highest BCUT2D eigenvalue weighted by Crippen LogP contribution is 2.28. The maximum atomic E-state index is 11.2. The fourth-order valence-corrected chi connectivity index (χ4v) is 2.48. The van der Waals surface area contributed by atoms with Crippen molar-refractivity contribution in [2.45, 2.75) is 18.9 Å². The largest absolute Gasteiger partial charge is 0.379 e. The van der Waals surface area contributed by atoms with E-state index in [9.17, 15) is 14.9 Å². The normalized spacial score (nSPS) is 18.6. The smallest absolute Gasteiger partial charge is 0.314 e. The lowest BCUT2D eigenvalue weighted by Crippen LogP contribution is -2.47. The van der Waals surface area contributed by atoms with Crippen LogP contribution in [0.5, 0.6) is 0 Å². The first-order valence-electron chi connectivity index (χ1n) is 6.22. The van der Waals surface area contributed by atoms with Crippen molar-refractivity contribution >= 4 is 29.0 Å². The second-order valence-corrected chi connectivity index (χ2v) is 5.10. The standard InChI is InChI=1S/C12H15ClN4O3/c13-10-6-9(17(19)20)3-4-11(10)15-8-2-1-5-16(7-8)12(14)18/h3-4,6,8,15H,1-2,5,7H2,(H2,14,18)/t8-/m1/s1. The van der Waals surface area contributed by atoms with Gasteiger partial charge in [0.25, 0.3) is 5.69 Å². The van der Waals surface area contributed by atoms with Gasteiger partial charge in [-0.05, 0) is 18.9 Å². The van der Waals surface area contributed by atoms with E-state index in [0.29, 0.717) is 18.8 Å². The molecule has 0 saturated carbocycles. The van der Waals surface area contributed by atoms with Crippen molar-refractivity contribution in [3.8, 4) is 0 Å². The van der Waals surface area contributed by atoms with E-state index in [1.54, 1.807) is 11.0 Å². The van der Waals surface area contributed by atoms with Gasteiger partial charge in [0.05, 0.1) is 15.6 Å². The summed E-state index contributed by atoms with van der Waals surface area (Å²) in [5.41, 5.74) is 5.83. The number of anilines is 1. The number of amides is 2. The van der Waals surface area contributed by atoms with Gasteiger partial charge in [-0.3, -0.25) is 10.1 Å². The third-order valence-corrected chi connectivity index (χ3v) is 3.57. The van der Waals surface area contributed by atoms with Crippen molar-refractivity contribution in [3.63, 3.8) is 0 Å². The highest BCUT2D eigenvalue weighted by molar-refractivity contribution is 6.33. The van der Waals surface area contributed by atoms with Crippen molar-refractivity contribution in [3.05, 3.63) is 33.3 Å². The Morgan fingerprint density at radius 2 is 2.30 bits per heavy atom. The lowest BCUT2D eigenvalue weighted by atomic mass is 10.1. The highest BCUT2D eigenvalue weighted by atomic mass is 35.5. The first kappa shape index (κ1) is 14.4. The van der Waals surface area contributed by atoms with Crippen LogP contribution in [0.4, 0.5) is 16.2 Å². The average Bonchev–Trinajstić information content (AvgIpc) is 2.41. The molecule has 0 spiro atoms. The number of likely N-dealkylation sites (tertiary alicyclic amines) is 1. The number of rotatable bonds is 3. The van der Waals surface area contributed by atoms with Gasteiger partial charge in [0.2, 0.25) is 0 Å². The molecule has 0 radical (unpaired) electrons. The van der Waals surface area contributed by atoms with Crippen molar-refractivity contribution < 1.29 is 9.72 Å². The zero-order valence-corrected chi connectivity index (χ0v) is 11.5. The molecule has 0 aliphatic carbocycles. The van der Waals surface area contributed by atoms with Crippen LogP contribution >= 0.6 is 11.6 Å². The lowest BCUT2D eigenvalue weighted by Gasteiger charge is -2.32. The van der Waals surface area contributed by atoms with Crippen LogP contribution in [0, 0.1) is 10.1 Å². The molecule has 8 heteroatoms. The molecule has 20 heavy (non-hydrogen) atoms. The maximum Gasteiger partial charge on any atom is 0.314 e. The molecule has 1 aliphatic heterocycles. The number of non-ortho nitro benzene ring substituents is 1. The Labute approximate surface area is 120 Å². The number of urea groups is 1. The van der Waals surface area contributed by atoms with E-state index in [0.717, 1.165) is 12.8 Å². The molecule has 1 heterocycles. The van der Waals surface area contributed by atoms with Gasteiger partial charge in [-0.2, -0.15) is 0 Å². The zero-order valence-electron chi connectivity index (χ0n) is 10.7. The van der Waals surface area contributed by atoms with Crippen LogP contribution in [0.1, 0.15) is 12.8 Å². The van der Waals surface area contributed by atoms with E-state index in [2.05, 4.69) is 5.32 Å². The molecule has 0 bridgehead atoms. The van der Waals surface area contributed by atoms with Crippen LogP contribution < -0.4 is 11.1 Å². The van der Waals surface area contributed by atoms with Crippen LogP contribution in [-0.2, 0) is 0 Å². The molecule has 3 N–H and O–H groups in total. The fourth-order valence-electron chi connectivity index (χ4n) is 2.25. The second kappa shape index (κ2) is 5.96. The number of hydrogen-bond acceptors (Lipinski definition) is 4. The van der Waals surface area contributed by atoms with Gasteiger partial charge in [0.1, 0.15) is 0 Å². The van der Waals surface area contributed by atoms with Gasteiger partial charge in [-0.15, -0.1) is 0 Å². The number of piperidine rings is 1.